The number of carbonyl (C=O) groups is 1. The van der Waals surface area contributed by atoms with Crippen molar-refractivity contribution in [1.29, 1.82) is 0 Å². The van der Waals surface area contributed by atoms with Crippen LogP contribution in [0.1, 0.15) is 12.0 Å². The molecule has 0 bridgehead atoms. The van der Waals surface area contributed by atoms with Crippen LogP contribution in [0.5, 0.6) is 0 Å². The molecule has 1 unspecified atom stereocenters. The molecule has 2 aliphatic rings. The largest absolute Gasteiger partial charge is 0.480 e. The number of hydrogen-bond donors (Lipinski definition) is 1. The van der Waals surface area contributed by atoms with Crippen molar-refractivity contribution in [3.05, 3.63) is 29.0 Å². The molecule has 0 radical (unpaired) electrons. The molecule has 0 aromatic carbocycles. The Balaban J connectivity index is 1.61. The van der Waals surface area contributed by atoms with E-state index in [0.29, 0.717) is 24.7 Å². The van der Waals surface area contributed by atoms with Gasteiger partial charge in [0.25, 0.3) is 0 Å². The van der Waals surface area contributed by atoms with Crippen LogP contribution in [-0.4, -0.2) is 70.8 Å². The van der Waals surface area contributed by atoms with E-state index in [2.05, 4.69) is 14.8 Å². The van der Waals surface area contributed by atoms with Gasteiger partial charge in [0, 0.05) is 58.1 Å². The van der Waals surface area contributed by atoms with Gasteiger partial charge in [0.15, 0.2) is 0 Å². The molecule has 2 saturated heterocycles. The number of nitrogens with zero attached hydrogens (tertiary/aromatic N) is 3. The van der Waals surface area contributed by atoms with Crippen LogP contribution in [0.3, 0.4) is 0 Å². The average Bonchev–Trinajstić information content (AvgIpc) is 3.01. The molecule has 0 amide bonds. The summed E-state index contributed by atoms with van der Waals surface area (Å²) in [7, 11) is 0. The predicted molar refractivity (Wildman–Crippen MR) is 81.9 cm³/mol. The highest BCUT2D eigenvalue weighted by atomic mass is 35.5. The fourth-order valence-corrected chi connectivity index (χ4v) is 3.39. The van der Waals surface area contributed by atoms with E-state index in [4.69, 9.17) is 16.3 Å². The monoisotopic (exact) mass is 325 g/mol. The fourth-order valence-electron chi connectivity index (χ4n) is 3.21. The molecular formula is C15H20ClN3O3. The standard InChI is InChI=1S/C15H20ClN3O3/c16-13-9-17-3-1-12(13)10-18-4-6-19(7-5-18)15(14(20)21)2-8-22-11-15/h1,3,9H,2,4-8,10-11H2,(H,20,21). The fraction of sp³-hybridized carbons (Fsp3) is 0.600. The third-order valence-corrected chi connectivity index (χ3v) is 4.97. The second-order valence-electron chi connectivity index (χ2n) is 5.87. The van der Waals surface area contributed by atoms with Gasteiger partial charge >= 0.3 is 5.97 Å². The molecule has 22 heavy (non-hydrogen) atoms. The molecule has 3 rings (SSSR count). The van der Waals surface area contributed by atoms with E-state index in [9.17, 15) is 9.90 Å². The van der Waals surface area contributed by atoms with Gasteiger partial charge in [-0.1, -0.05) is 11.6 Å². The van der Waals surface area contributed by atoms with E-state index >= 15 is 0 Å². The first-order valence-electron chi connectivity index (χ1n) is 7.49. The van der Waals surface area contributed by atoms with Crippen LogP contribution >= 0.6 is 11.6 Å². The highest BCUT2D eigenvalue weighted by Crippen LogP contribution is 2.28. The number of ether oxygens (including phenoxy) is 1. The minimum absolute atomic E-state index is 0.290. The van der Waals surface area contributed by atoms with Crippen molar-refractivity contribution in [2.75, 3.05) is 39.4 Å². The molecule has 3 heterocycles. The lowest BCUT2D eigenvalue weighted by Gasteiger charge is -2.42. The summed E-state index contributed by atoms with van der Waals surface area (Å²) in [5.41, 5.74) is 0.225. The summed E-state index contributed by atoms with van der Waals surface area (Å²) in [6, 6.07) is 1.93. The average molecular weight is 326 g/mol. The summed E-state index contributed by atoms with van der Waals surface area (Å²) in [6.45, 7) is 4.71. The van der Waals surface area contributed by atoms with Crippen LogP contribution < -0.4 is 0 Å². The van der Waals surface area contributed by atoms with E-state index in [1.54, 1.807) is 12.4 Å². The molecule has 1 aromatic heterocycles. The quantitative estimate of drug-likeness (QED) is 0.894. The molecule has 0 saturated carbocycles. The van der Waals surface area contributed by atoms with Gasteiger partial charge in [-0.15, -0.1) is 0 Å². The summed E-state index contributed by atoms with van der Waals surface area (Å²) in [6.07, 6.45) is 3.97. The topological polar surface area (TPSA) is 65.9 Å². The number of pyridine rings is 1. The molecule has 7 heteroatoms. The SMILES string of the molecule is O=C(O)C1(N2CCN(Cc3ccncc3Cl)CC2)CCOC1. The molecule has 1 N–H and O–H groups in total. The second-order valence-corrected chi connectivity index (χ2v) is 6.28. The van der Waals surface area contributed by atoms with E-state index in [0.717, 1.165) is 38.3 Å². The number of aromatic nitrogens is 1. The van der Waals surface area contributed by atoms with E-state index in [-0.39, 0.29) is 0 Å². The maximum Gasteiger partial charge on any atom is 0.326 e. The highest BCUT2D eigenvalue weighted by Gasteiger charge is 2.48. The Morgan fingerprint density at radius 1 is 1.41 bits per heavy atom. The zero-order valence-electron chi connectivity index (χ0n) is 12.4. The first kappa shape index (κ1) is 15.7. The first-order valence-corrected chi connectivity index (χ1v) is 7.86. The van der Waals surface area contributed by atoms with Gasteiger partial charge in [-0.2, -0.15) is 0 Å². The molecule has 0 aliphatic carbocycles. The minimum Gasteiger partial charge on any atom is -0.480 e. The van der Waals surface area contributed by atoms with Crippen molar-refractivity contribution in [3.63, 3.8) is 0 Å². The molecule has 1 aromatic rings. The van der Waals surface area contributed by atoms with Crippen molar-refractivity contribution in [1.82, 2.24) is 14.8 Å². The molecule has 2 fully saturated rings. The van der Waals surface area contributed by atoms with Gasteiger partial charge in [-0.3, -0.25) is 19.6 Å². The van der Waals surface area contributed by atoms with Gasteiger partial charge in [0.05, 0.1) is 11.6 Å². The van der Waals surface area contributed by atoms with E-state index in [1.165, 1.54) is 0 Å². The Morgan fingerprint density at radius 2 is 2.18 bits per heavy atom. The Hall–Kier alpha value is -1.21. The number of halogens is 1. The Bertz CT molecular complexity index is 541. The summed E-state index contributed by atoms with van der Waals surface area (Å²) in [5.74, 6) is -0.768. The van der Waals surface area contributed by atoms with Gasteiger partial charge in [0.1, 0.15) is 5.54 Å². The molecule has 6 nitrogen and oxygen atoms in total. The zero-order chi connectivity index (χ0) is 15.6. The van der Waals surface area contributed by atoms with Crippen LogP contribution in [0.15, 0.2) is 18.5 Å². The number of aliphatic carboxylic acids is 1. The highest BCUT2D eigenvalue weighted by molar-refractivity contribution is 6.31. The van der Waals surface area contributed by atoms with E-state index < -0.39 is 11.5 Å². The minimum atomic E-state index is -0.833. The lowest BCUT2D eigenvalue weighted by atomic mass is 9.95. The summed E-state index contributed by atoms with van der Waals surface area (Å²) < 4.78 is 5.35. The summed E-state index contributed by atoms with van der Waals surface area (Å²) in [5, 5.41) is 10.3. The number of carboxylic acids is 1. The van der Waals surface area contributed by atoms with E-state index in [1.807, 2.05) is 6.07 Å². The summed E-state index contributed by atoms with van der Waals surface area (Å²) >= 11 is 6.15. The normalized spacial score (nSPS) is 27.1. The van der Waals surface area contributed by atoms with Crippen LogP contribution in [0.25, 0.3) is 0 Å². The Labute approximate surface area is 134 Å². The van der Waals surface area contributed by atoms with Crippen molar-refractivity contribution in [3.8, 4) is 0 Å². The third kappa shape index (κ3) is 2.96. The number of rotatable bonds is 4. The van der Waals surface area contributed by atoms with Crippen molar-refractivity contribution >= 4 is 17.6 Å². The summed E-state index contributed by atoms with van der Waals surface area (Å²) in [4.78, 5) is 20.0. The molecule has 2 aliphatic heterocycles. The smallest absolute Gasteiger partial charge is 0.326 e. The first-order chi connectivity index (χ1) is 10.6. The molecule has 120 valence electrons. The molecule has 1 atom stereocenters. The van der Waals surface area contributed by atoms with Gasteiger partial charge in [-0.05, 0) is 11.6 Å². The number of piperazine rings is 1. The maximum atomic E-state index is 11.7. The molecule has 0 spiro atoms. The van der Waals surface area contributed by atoms with Crippen molar-refractivity contribution in [2.24, 2.45) is 0 Å². The molecular weight excluding hydrogens is 306 g/mol. The van der Waals surface area contributed by atoms with Crippen molar-refractivity contribution < 1.29 is 14.6 Å². The third-order valence-electron chi connectivity index (χ3n) is 4.63. The van der Waals surface area contributed by atoms with Crippen LogP contribution in [0.2, 0.25) is 5.02 Å². The predicted octanol–water partition coefficient (Wildman–Crippen LogP) is 1.10. The lowest BCUT2D eigenvalue weighted by molar-refractivity contribution is -0.153. The number of carboxylic acid groups (broad SMARTS) is 1. The lowest BCUT2D eigenvalue weighted by Crippen LogP contribution is -2.61. The Morgan fingerprint density at radius 3 is 2.77 bits per heavy atom. The second kappa shape index (κ2) is 6.50. The van der Waals surface area contributed by atoms with Gasteiger partial charge < -0.3 is 9.84 Å². The Kier molecular flexibility index (Phi) is 4.63. The van der Waals surface area contributed by atoms with Crippen molar-refractivity contribution in [2.45, 2.75) is 18.5 Å². The van der Waals surface area contributed by atoms with Crippen LogP contribution in [0, 0.1) is 0 Å². The van der Waals surface area contributed by atoms with Crippen LogP contribution in [-0.2, 0) is 16.1 Å². The maximum absolute atomic E-state index is 11.7. The number of hydrogen-bond acceptors (Lipinski definition) is 5. The zero-order valence-corrected chi connectivity index (χ0v) is 13.1. The van der Waals surface area contributed by atoms with Gasteiger partial charge in [-0.25, -0.2) is 0 Å². The van der Waals surface area contributed by atoms with Crippen LogP contribution in [0.4, 0.5) is 0 Å². The van der Waals surface area contributed by atoms with Gasteiger partial charge in [0.2, 0.25) is 0 Å².